The molecule has 0 saturated carbocycles. The molecule has 0 aliphatic carbocycles. The predicted octanol–water partition coefficient (Wildman–Crippen LogP) is 2.30. The zero-order valence-corrected chi connectivity index (χ0v) is 13.9. The van der Waals surface area contributed by atoms with Crippen molar-refractivity contribution in [2.24, 2.45) is 0 Å². The molecule has 0 aliphatic rings. The Balaban J connectivity index is 2.50. The van der Waals surface area contributed by atoms with Gasteiger partial charge >= 0.3 is 0 Å². The number of hydrogen-bond donors (Lipinski definition) is 2. The van der Waals surface area contributed by atoms with Gasteiger partial charge in [-0.15, -0.1) is 0 Å². The first-order chi connectivity index (χ1) is 10.2. The minimum Gasteiger partial charge on any atom is -0.492 e. The molecule has 0 amide bonds. The number of anilines is 1. The molecule has 1 heterocycles. The van der Waals surface area contributed by atoms with Crippen LogP contribution >= 0.6 is 0 Å². The number of nitrogens with one attached hydrogen (secondary N) is 2. The monoisotopic (exact) mass is 324 g/mol. The summed E-state index contributed by atoms with van der Waals surface area (Å²) >= 11 is 0. The van der Waals surface area contributed by atoms with Gasteiger partial charge in [-0.05, 0) is 30.0 Å². The molecule has 7 nitrogen and oxygen atoms in total. The van der Waals surface area contributed by atoms with Crippen molar-refractivity contribution < 1.29 is 13.2 Å². The molecule has 0 spiro atoms. The zero-order valence-electron chi connectivity index (χ0n) is 13.0. The summed E-state index contributed by atoms with van der Waals surface area (Å²) in [5.74, 6) is 0.367. The van der Waals surface area contributed by atoms with Crippen LogP contribution in [-0.4, -0.2) is 30.2 Å². The van der Waals surface area contributed by atoms with Gasteiger partial charge < -0.3 is 4.74 Å². The highest BCUT2D eigenvalue weighted by Crippen LogP contribution is 2.31. The smallest absolute Gasteiger partial charge is 0.267 e. The second-order valence-corrected chi connectivity index (χ2v) is 7.43. The lowest BCUT2D eigenvalue weighted by Crippen LogP contribution is -2.18. The number of aromatic nitrogens is 3. The van der Waals surface area contributed by atoms with Crippen LogP contribution in [0.1, 0.15) is 33.3 Å². The third-order valence-corrected chi connectivity index (χ3v) is 4.41. The maximum absolute atomic E-state index is 12.6. The standard InChI is InChI=1S/C14H20N4O3S/c1-5-21-11-7-6-10(14(2,3)4)8-12(11)22(19,20)18-13-15-9-16-17-13/h6-9H,5H2,1-4H3,(H2,15,16,17,18). The molecule has 2 aromatic rings. The normalized spacial score (nSPS) is 12.2. The van der Waals surface area contributed by atoms with E-state index >= 15 is 0 Å². The quantitative estimate of drug-likeness (QED) is 0.879. The first-order valence-corrected chi connectivity index (χ1v) is 8.38. The molecule has 0 aliphatic heterocycles. The molecule has 120 valence electrons. The Morgan fingerprint density at radius 3 is 2.59 bits per heavy atom. The Morgan fingerprint density at radius 1 is 1.32 bits per heavy atom. The van der Waals surface area contributed by atoms with Gasteiger partial charge in [-0.25, -0.2) is 18.2 Å². The molecule has 0 atom stereocenters. The number of H-pyrrole nitrogens is 1. The lowest BCUT2D eigenvalue weighted by atomic mass is 9.87. The highest BCUT2D eigenvalue weighted by atomic mass is 32.2. The number of ether oxygens (including phenoxy) is 1. The van der Waals surface area contributed by atoms with Gasteiger partial charge in [0.1, 0.15) is 17.0 Å². The Labute approximate surface area is 130 Å². The minimum absolute atomic E-state index is 0.0589. The topological polar surface area (TPSA) is 97.0 Å². The van der Waals surface area contributed by atoms with Gasteiger partial charge in [0.2, 0.25) is 5.95 Å². The van der Waals surface area contributed by atoms with E-state index in [-0.39, 0.29) is 16.3 Å². The molecule has 0 unspecified atom stereocenters. The second kappa shape index (κ2) is 5.96. The lowest BCUT2D eigenvalue weighted by Gasteiger charge is -2.21. The lowest BCUT2D eigenvalue weighted by molar-refractivity contribution is 0.331. The van der Waals surface area contributed by atoms with E-state index in [1.54, 1.807) is 19.1 Å². The van der Waals surface area contributed by atoms with Crippen LogP contribution in [0.15, 0.2) is 29.4 Å². The molecule has 22 heavy (non-hydrogen) atoms. The van der Waals surface area contributed by atoms with E-state index in [1.807, 2.05) is 26.8 Å². The van der Waals surface area contributed by atoms with E-state index in [0.717, 1.165) is 5.56 Å². The van der Waals surface area contributed by atoms with Crippen molar-refractivity contribution in [2.75, 3.05) is 11.3 Å². The fourth-order valence-electron chi connectivity index (χ4n) is 1.90. The molecule has 0 bridgehead atoms. The van der Waals surface area contributed by atoms with Crippen LogP contribution < -0.4 is 9.46 Å². The van der Waals surface area contributed by atoms with Crippen molar-refractivity contribution in [3.63, 3.8) is 0 Å². The van der Waals surface area contributed by atoms with Gasteiger partial charge in [0, 0.05) is 0 Å². The maximum Gasteiger partial charge on any atom is 0.267 e. The molecule has 2 N–H and O–H groups in total. The highest BCUT2D eigenvalue weighted by molar-refractivity contribution is 7.92. The van der Waals surface area contributed by atoms with Crippen LogP contribution in [-0.2, 0) is 15.4 Å². The van der Waals surface area contributed by atoms with E-state index in [4.69, 9.17) is 4.74 Å². The Bertz CT molecular complexity index is 734. The van der Waals surface area contributed by atoms with Crippen molar-refractivity contribution in [1.29, 1.82) is 0 Å². The van der Waals surface area contributed by atoms with Crippen molar-refractivity contribution >= 4 is 16.0 Å². The summed E-state index contributed by atoms with van der Waals surface area (Å²) in [7, 11) is -3.83. The summed E-state index contributed by atoms with van der Waals surface area (Å²) in [6.07, 6.45) is 1.23. The van der Waals surface area contributed by atoms with Crippen LogP contribution in [0.4, 0.5) is 5.95 Å². The van der Waals surface area contributed by atoms with E-state index in [1.165, 1.54) is 6.33 Å². The number of sulfonamides is 1. The SMILES string of the molecule is CCOc1ccc(C(C)(C)C)cc1S(=O)(=O)Nc1ncn[nH]1. The van der Waals surface area contributed by atoms with Gasteiger partial charge in [-0.2, -0.15) is 10.1 Å². The predicted molar refractivity (Wildman–Crippen MR) is 83.5 cm³/mol. The third kappa shape index (κ3) is 3.56. The van der Waals surface area contributed by atoms with E-state index in [2.05, 4.69) is 19.9 Å². The third-order valence-electron chi connectivity index (χ3n) is 3.05. The van der Waals surface area contributed by atoms with Gasteiger partial charge in [-0.1, -0.05) is 26.8 Å². The first-order valence-electron chi connectivity index (χ1n) is 6.89. The number of rotatable bonds is 5. The molecule has 1 aromatic heterocycles. The molecule has 0 radical (unpaired) electrons. The van der Waals surface area contributed by atoms with E-state index in [9.17, 15) is 8.42 Å². The van der Waals surface area contributed by atoms with Crippen LogP contribution in [0.5, 0.6) is 5.75 Å². The maximum atomic E-state index is 12.6. The van der Waals surface area contributed by atoms with Crippen LogP contribution in [0.2, 0.25) is 0 Å². The minimum atomic E-state index is -3.83. The van der Waals surface area contributed by atoms with Gasteiger partial charge in [-0.3, -0.25) is 0 Å². The summed E-state index contributed by atoms with van der Waals surface area (Å²) in [5.41, 5.74) is 0.718. The van der Waals surface area contributed by atoms with Crippen molar-refractivity contribution in [2.45, 2.75) is 38.0 Å². The first kappa shape index (κ1) is 16.3. The number of hydrogen-bond acceptors (Lipinski definition) is 5. The summed E-state index contributed by atoms with van der Waals surface area (Å²) in [6.45, 7) is 8.23. The second-order valence-electron chi connectivity index (χ2n) is 5.78. The number of aromatic amines is 1. The average Bonchev–Trinajstić information content (AvgIpc) is 2.90. The van der Waals surface area contributed by atoms with Gasteiger partial charge in [0.25, 0.3) is 10.0 Å². The zero-order chi connectivity index (χ0) is 16.4. The van der Waals surface area contributed by atoms with E-state index in [0.29, 0.717) is 12.4 Å². The number of nitrogens with zero attached hydrogens (tertiary/aromatic N) is 2. The molecule has 8 heteroatoms. The molecule has 2 rings (SSSR count). The molecule has 0 fully saturated rings. The van der Waals surface area contributed by atoms with Gasteiger partial charge in [0.15, 0.2) is 0 Å². The van der Waals surface area contributed by atoms with E-state index < -0.39 is 10.0 Å². The van der Waals surface area contributed by atoms with Crippen LogP contribution in [0, 0.1) is 0 Å². The molecule has 0 saturated heterocycles. The highest BCUT2D eigenvalue weighted by Gasteiger charge is 2.24. The summed E-state index contributed by atoms with van der Waals surface area (Å²) in [6, 6.07) is 5.18. The fourth-order valence-corrected chi connectivity index (χ4v) is 3.03. The van der Waals surface area contributed by atoms with Crippen molar-refractivity contribution in [3.8, 4) is 5.75 Å². The summed E-state index contributed by atoms with van der Waals surface area (Å²) in [4.78, 5) is 3.86. The van der Waals surface area contributed by atoms with Gasteiger partial charge in [0.05, 0.1) is 6.61 Å². The summed E-state index contributed by atoms with van der Waals surface area (Å²) in [5, 5.41) is 6.09. The van der Waals surface area contributed by atoms with Crippen molar-refractivity contribution in [1.82, 2.24) is 15.2 Å². The average molecular weight is 324 g/mol. The Kier molecular flexibility index (Phi) is 4.41. The molecular formula is C14H20N4O3S. The summed E-state index contributed by atoms with van der Waals surface area (Å²) < 4.78 is 33.0. The Morgan fingerprint density at radius 2 is 2.05 bits per heavy atom. The Hall–Kier alpha value is -2.09. The fraction of sp³-hybridized carbons (Fsp3) is 0.429. The van der Waals surface area contributed by atoms with Crippen LogP contribution in [0.3, 0.4) is 0 Å². The largest absolute Gasteiger partial charge is 0.492 e. The molecular weight excluding hydrogens is 304 g/mol. The van der Waals surface area contributed by atoms with Crippen LogP contribution in [0.25, 0.3) is 0 Å². The van der Waals surface area contributed by atoms with Crippen molar-refractivity contribution in [3.05, 3.63) is 30.1 Å². The molecule has 1 aromatic carbocycles. The number of benzene rings is 1.